The molecule has 18 heavy (non-hydrogen) atoms. The van der Waals surface area contributed by atoms with Gasteiger partial charge in [-0.2, -0.15) is 0 Å². The maximum atomic E-state index is 12.2. The van der Waals surface area contributed by atoms with Crippen molar-refractivity contribution in [3.63, 3.8) is 0 Å². The molecule has 1 fully saturated rings. The largest absolute Gasteiger partial charge is 0.481 e. The van der Waals surface area contributed by atoms with Crippen LogP contribution in [0.25, 0.3) is 0 Å². The number of hydrogen-bond donors (Lipinski definition) is 0. The number of amides is 1. The van der Waals surface area contributed by atoms with Crippen molar-refractivity contribution in [1.29, 1.82) is 0 Å². The lowest BCUT2D eigenvalue weighted by Gasteiger charge is -2.34. The minimum Gasteiger partial charge on any atom is -0.481 e. The number of methoxy groups -OCH3 is 1. The maximum absolute atomic E-state index is 12.2. The molecule has 1 aliphatic heterocycles. The molecule has 0 saturated carbocycles. The third kappa shape index (κ3) is 2.79. The smallest absolute Gasteiger partial charge is 0.255 e. The van der Waals surface area contributed by atoms with E-state index in [1.54, 1.807) is 25.4 Å². The average molecular weight is 249 g/mol. The quantitative estimate of drug-likeness (QED) is 0.797. The van der Waals surface area contributed by atoms with Crippen LogP contribution in [-0.2, 0) is 0 Å². The van der Waals surface area contributed by atoms with E-state index in [1.807, 2.05) is 4.90 Å². The molecule has 0 N–H and O–H groups in total. The predicted octanol–water partition coefficient (Wildman–Crippen LogP) is 0.868. The number of carbonyl (C=O) groups is 1. The van der Waals surface area contributed by atoms with Gasteiger partial charge in [-0.05, 0) is 12.6 Å². The molecule has 1 amide bonds. The third-order valence-corrected chi connectivity index (χ3v) is 3.30. The van der Waals surface area contributed by atoms with Gasteiger partial charge in [0.25, 0.3) is 5.91 Å². The van der Waals surface area contributed by atoms with Gasteiger partial charge in [-0.1, -0.05) is 6.92 Å². The normalized spacial score (nSPS) is 16.7. The Balaban J connectivity index is 1.98. The Labute approximate surface area is 107 Å². The molecule has 1 aromatic rings. The van der Waals surface area contributed by atoms with Gasteiger partial charge in [0.2, 0.25) is 5.88 Å². The van der Waals surface area contributed by atoms with E-state index in [2.05, 4.69) is 16.8 Å². The number of nitrogens with zero attached hydrogens (tertiary/aromatic N) is 3. The molecule has 5 nitrogen and oxygen atoms in total. The molecule has 2 rings (SSSR count). The van der Waals surface area contributed by atoms with E-state index in [-0.39, 0.29) is 5.91 Å². The van der Waals surface area contributed by atoms with Crippen LogP contribution in [0.4, 0.5) is 0 Å². The zero-order valence-corrected chi connectivity index (χ0v) is 10.9. The van der Waals surface area contributed by atoms with E-state index in [1.165, 1.54) is 0 Å². The molecule has 2 heterocycles. The van der Waals surface area contributed by atoms with E-state index in [4.69, 9.17) is 4.74 Å². The highest BCUT2D eigenvalue weighted by molar-refractivity contribution is 5.94. The Bertz CT molecular complexity index is 397. The van der Waals surface area contributed by atoms with E-state index in [0.717, 1.165) is 32.7 Å². The molecule has 0 radical (unpaired) electrons. The summed E-state index contributed by atoms with van der Waals surface area (Å²) in [5.74, 6) is 0.586. The van der Waals surface area contributed by atoms with Crippen molar-refractivity contribution < 1.29 is 9.53 Å². The van der Waals surface area contributed by atoms with Crippen molar-refractivity contribution in [2.75, 3.05) is 39.8 Å². The van der Waals surface area contributed by atoms with Gasteiger partial charge >= 0.3 is 0 Å². The fourth-order valence-electron chi connectivity index (χ4n) is 2.08. The zero-order valence-electron chi connectivity index (χ0n) is 10.9. The summed E-state index contributed by atoms with van der Waals surface area (Å²) in [6, 6.07) is 3.48. The first-order valence-electron chi connectivity index (χ1n) is 6.26. The molecule has 1 aliphatic rings. The molecule has 0 atom stereocenters. The summed E-state index contributed by atoms with van der Waals surface area (Å²) in [4.78, 5) is 20.5. The van der Waals surface area contributed by atoms with Crippen molar-refractivity contribution in [1.82, 2.24) is 14.8 Å². The number of aromatic nitrogens is 1. The lowest BCUT2D eigenvalue weighted by molar-refractivity contribution is 0.0643. The molecule has 1 saturated heterocycles. The number of pyridine rings is 1. The summed E-state index contributed by atoms with van der Waals surface area (Å²) in [5, 5.41) is 0. The fourth-order valence-corrected chi connectivity index (χ4v) is 2.08. The van der Waals surface area contributed by atoms with Crippen LogP contribution in [-0.4, -0.2) is 60.5 Å². The van der Waals surface area contributed by atoms with Crippen molar-refractivity contribution in [2.24, 2.45) is 0 Å². The van der Waals surface area contributed by atoms with Gasteiger partial charge in [0.05, 0.1) is 12.7 Å². The summed E-state index contributed by atoms with van der Waals surface area (Å²) in [6.45, 7) is 6.67. The molecule has 5 heteroatoms. The standard InChI is InChI=1S/C13H19N3O2/c1-3-15-6-8-16(9-7-15)13(17)11-4-5-12(18-2)14-10-11/h4-5,10H,3,6-9H2,1-2H3. The Kier molecular flexibility index (Phi) is 4.15. The number of ether oxygens (including phenoxy) is 1. The Morgan fingerprint density at radius 3 is 2.56 bits per heavy atom. The van der Waals surface area contributed by atoms with Gasteiger partial charge in [0, 0.05) is 38.4 Å². The van der Waals surface area contributed by atoms with Crippen molar-refractivity contribution in [3.8, 4) is 5.88 Å². The Morgan fingerprint density at radius 2 is 2.06 bits per heavy atom. The first-order chi connectivity index (χ1) is 8.74. The minimum absolute atomic E-state index is 0.0564. The van der Waals surface area contributed by atoms with Crippen LogP contribution in [0.15, 0.2) is 18.3 Å². The number of piperazine rings is 1. The topological polar surface area (TPSA) is 45.7 Å². The van der Waals surface area contributed by atoms with Crippen LogP contribution in [0.1, 0.15) is 17.3 Å². The lowest BCUT2D eigenvalue weighted by atomic mass is 10.2. The third-order valence-electron chi connectivity index (χ3n) is 3.30. The molecule has 0 aromatic carbocycles. The average Bonchev–Trinajstić information content (AvgIpc) is 2.47. The van der Waals surface area contributed by atoms with Crippen molar-refractivity contribution in [3.05, 3.63) is 23.9 Å². The van der Waals surface area contributed by atoms with Crippen molar-refractivity contribution in [2.45, 2.75) is 6.92 Å². The number of hydrogen-bond acceptors (Lipinski definition) is 4. The van der Waals surface area contributed by atoms with Crippen LogP contribution in [0, 0.1) is 0 Å². The highest BCUT2D eigenvalue weighted by atomic mass is 16.5. The highest BCUT2D eigenvalue weighted by Gasteiger charge is 2.21. The van der Waals surface area contributed by atoms with E-state index in [0.29, 0.717) is 11.4 Å². The maximum Gasteiger partial charge on any atom is 0.255 e. The van der Waals surface area contributed by atoms with Gasteiger partial charge in [-0.3, -0.25) is 4.79 Å². The Hall–Kier alpha value is -1.62. The zero-order chi connectivity index (χ0) is 13.0. The minimum atomic E-state index is 0.0564. The van der Waals surface area contributed by atoms with Gasteiger partial charge in [-0.25, -0.2) is 4.98 Å². The SMILES string of the molecule is CCN1CCN(C(=O)c2ccc(OC)nc2)CC1. The van der Waals surface area contributed by atoms with E-state index < -0.39 is 0 Å². The number of rotatable bonds is 3. The van der Waals surface area contributed by atoms with Gasteiger partial charge < -0.3 is 14.5 Å². The molecule has 98 valence electrons. The van der Waals surface area contributed by atoms with Crippen LogP contribution in [0.5, 0.6) is 5.88 Å². The van der Waals surface area contributed by atoms with E-state index >= 15 is 0 Å². The van der Waals surface area contributed by atoms with Gasteiger partial charge in [0.1, 0.15) is 0 Å². The summed E-state index contributed by atoms with van der Waals surface area (Å²) in [5.41, 5.74) is 0.626. The number of likely N-dealkylation sites (N-methyl/N-ethyl adjacent to an activating group) is 1. The second-order valence-corrected chi connectivity index (χ2v) is 4.32. The lowest BCUT2D eigenvalue weighted by Crippen LogP contribution is -2.48. The first-order valence-corrected chi connectivity index (χ1v) is 6.26. The van der Waals surface area contributed by atoms with Crippen LogP contribution < -0.4 is 4.74 Å². The molecule has 0 spiro atoms. The van der Waals surface area contributed by atoms with Crippen LogP contribution in [0.2, 0.25) is 0 Å². The molecule has 1 aromatic heterocycles. The summed E-state index contributed by atoms with van der Waals surface area (Å²) >= 11 is 0. The predicted molar refractivity (Wildman–Crippen MR) is 68.8 cm³/mol. The second kappa shape index (κ2) is 5.82. The molecule has 0 bridgehead atoms. The molecule has 0 aliphatic carbocycles. The summed E-state index contributed by atoms with van der Waals surface area (Å²) in [7, 11) is 1.56. The van der Waals surface area contributed by atoms with E-state index in [9.17, 15) is 4.79 Å². The Morgan fingerprint density at radius 1 is 1.33 bits per heavy atom. The monoisotopic (exact) mass is 249 g/mol. The molecular formula is C13H19N3O2. The molecule has 0 unspecified atom stereocenters. The van der Waals surface area contributed by atoms with Gasteiger partial charge in [-0.15, -0.1) is 0 Å². The van der Waals surface area contributed by atoms with Crippen LogP contribution >= 0.6 is 0 Å². The molecular weight excluding hydrogens is 230 g/mol. The highest BCUT2D eigenvalue weighted by Crippen LogP contribution is 2.11. The first kappa shape index (κ1) is 12.8. The van der Waals surface area contributed by atoms with Crippen LogP contribution in [0.3, 0.4) is 0 Å². The summed E-state index contributed by atoms with van der Waals surface area (Å²) < 4.78 is 4.98. The fraction of sp³-hybridized carbons (Fsp3) is 0.538. The van der Waals surface area contributed by atoms with Gasteiger partial charge in [0.15, 0.2) is 0 Å². The van der Waals surface area contributed by atoms with Crippen molar-refractivity contribution >= 4 is 5.91 Å². The summed E-state index contributed by atoms with van der Waals surface area (Å²) in [6.07, 6.45) is 1.58. The number of carbonyl (C=O) groups excluding carboxylic acids is 1. The second-order valence-electron chi connectivity index (χ2n) is 4.32.